The van der Waals surface area contributed by atoms with Crippen LogP contribution in [0.5, 0.6) is 0 Å². The molecule has 11 nitrogen and oxygen atoms in total. The lowest BCUT2D eigenvalue weighted by Gasteiger charge is -2.26. The standard InChI is InChI=1S/C47H47N7O4/c1-2-3-16-41-52-44-45(38-13-7-8-14-39(38)51-46(44)48)54(41)29-32-19-17-31(18-20-32)28-50-42(56)25-23-35(47(49)58)27-37(55)24-26-43(57)53-30-36-12-5-4-10-33(36)21-22-34-11-6-9-15-40(34)53/h4-15,17-20,35H,2-3,16,23-30H2,1H3,(H2,48,51)(H2,49,58)(H,50,56). The van der Waals surface area contributed by atoms with E-state index >= 15 is 0 Å². The number of nitrogens with one attached hydrogen (secondary N) is 1. The van der Waals surface area contributed by atoms with Crippen molar-refractivity contribution in [3.05, 3.63) is 131 Å². The van der Waals surface area contributed by atoms with Crippen LogP contribution in [-0.4, -0.2) is 38.0 Å². The van der Waals surface area contributed by atoms with Gasteiger partial charge in [0.05, 0.1) is 23.3 Å². The van der Waals surface area contributed by atoms with Gasteiger partial charge in [-0.2, -0.15) is 0 Å². The van der Waals surface area contributed by atoms with Gasteiger partial charge < -0.3 is 26.3 Å². The number of pyridine rings is 1. The second-order valence-electron chi connectivity index (χ2n) is 14.8. The molecule has 6 aromatic rings. The molecule has 1 unspecified atom stereocenters. The van der Waals surface area contributed by atoms with Gasteiger partial charge in [0.25, 0.3) is 0 Å². The largest absolute Gasteiger partial charge is 0.382 e. The predicted molar refractivity (Wildman–Crippen MR) is 226 cm³/mol. The summed E-state index contributed by atoms with van der Waals surface area (Å²) in [5.74, 6) is 5.58. The third-order valence-electron chi connectivity index (χ3n) is 10.7. The number of hydrogen-bond acceptors (Lipinski definition) is 7. The summed E-state index contributed by atoms with van der Waals surface area (Å²) in [7, 11) is 0. The van der Waals surface area contributed by atoms with Crippen molar-refractivity contribution in [2.45, 2.75) is 77.9 Å². The SMILES string of the molecule is CCCCc1nc2c(N)nc3ccccc3c2n1Cc1ccc(CNC(=O)CCC(CC(=O)CCC(=O)N2Cc3ccccc3C#Cc3ccccc32)C(N)=O)cc1. The molecule has 0 fully saturated rings. The molecule has 1 aliphatic heterocycles. The van der Waals surface area contributed by atoms with Crippen molar-refractivity contribution in [3.8, 4) is 11.8 Å². The minimum atomic E-state index is -0.818. The van der Waals surface area contributed by atoms with Gasteiger partial charge >= 0.3 is 0 Å². The fourth-order valence-electron chi connectivity index (χ4n) is 7.45. The van der Waals surface area contributed by atoms with Crippen LogP contribution in [0.25, 0.3) is 21.9 Å². The maximum Gasteiger partial charge on any atom is 0.227 e. The number of nitrogen functional groups attached to an aromatic ring is 1. The molecule has 3 amide bonds. The van der Waals surface area contributed by atoms with Crippen molar-refractivity contribution in [2.24, 2.45) is 11.7 Å². The van der Waals surface area contributed by atoms with E-state index in [-0.39, 0.29) is 49.7 Å². The number of nitrogens with two attached hydrogens (primary N) is 2. The molecule has 3 heterocycles. The first-order chi connectivity index (χ1) is 28.2. The van der Waals surface area contributed by atoms with Crippen molar-refractivity contribution in [3.63, 3.8) is 0 Å². The quantitative estimate of drug-likeness (QED) is 0.0917. The number of primary amides is 1. The number of rotatable bonds is 16. The molecule has 0 bridgehead atoms. The summed E-state index contributed by atoms with van der Waals surface area (Å²) in [6, 6.07) is 31.2. The molecule has 0 saturated heterocycles. The van der Waals surface area contributed by atoms with Gasteiger partial charge in [0, 0.05) is 67.6 Å². The second-order valence-corrected chi connectivity index (χ2v) is 14.8. The first-order valence-corrected chi connectivity index (χ1v) is 19.9. The van der Waals surface area contributed by atoms with E-state index in [0.29, 0.717) is 31.1 Å². The van der Waals surface area contributed by atoms with Crippen LogP contribution in [0.2, 0.25) is 0 Å². The fourth-order valence-corrected chi connectivity index (χ4v) is 7.45. The highest BCUT2D eigenvalue weighted by molar-refractivity contribution is 6.06. The van der Waals surface area contributed by atoms with Gasteiger partial charge in [0.15, 0.2) is 5.82 Å². The van der Waals surface area contributed by atoms with Crippen molar-refractivity contribution in [1.29, 1.82) is 0 Å². The van der Waals surface area contributed by atoms with E-state index in [1.807, 2.05) is 91.0 Å². The van der Waals surface area contributed by atoms with Gasteiger partial charge in [-0.3, -0.25) is 19.2 Å². The molecule has 0 radical (unpaired) electrons. The molecule has 0 aliphatic carbocycles. The number of Topliss-reactive ketones (excluding diaryl/α,β-unsaturated/α-hetero) is 1. The third kappa shape index (κ3) is 9.08. The monoisotopic (exact) mass is 773 g/mol. The smallest absolute Gasteiger partial charge is 0.227 e. The van der Waals surface area contributed by atoms with Gasteiger partial charge in [-0.1, -0.05) is 98.0 Å². The number of fused-ring (bicyclic) bond motifs is 5. The summed E-state index contributed by atoms with van der Waals surface area (Å²) in [5, 5.41) is 3.93. The maximum absolute atomic E-state index is 13.6. The lowest BCUT2D eigenvalue weighted by molar-refractivity contribution is -0.129. The average Bonchev–Trinajstić information content (AvgIpc) is 3.59. The van der Waals surface area contributed by atoms with Crippen molar-refractivity contribution in [2.75, 3.05) is 10.6 Å². The number of carbonyl (C=O) groups excluding carboxylic acids is 4. The van der Waals surface area contributed by atoms with Crippen LogP contribution in [0.4, 0.5) is 11.5 Å². The number of para-hydroxylation sites is 2. The predicted octanol–water partition coefficient (Wildman–Crippen LogP) is 6.74. The number of ketones is 1. The van der Waals surface area contributed by atoms with Gasteiger partial charge in [-0.15, -0.1) is 0 Å². The van der Waals surface area contributed by atoms with Crippen LogP contribution in [0.1, 0.15) is 85.5 Å². The number of amides is 3. The van der Waals surface area contributed by atoms with E-state index in [4.69, 9.17) is 16.5 Å². The Labute approximate surface area is 337 Å². The number of imidazole rings is 1. The normalized spacial score (nSPS) is 12.5. The number of benzene rings is 4. The topological polar surface area (TPSA) is 166 Å². The van der Waals surface area contributed by atoms with Crippen LogP contribution < -0.4 is 21.7 Å². The average molecular weight is 774 g/mol. The molecule has 7 rings (SSSR count). The molecular formula is C47H47N7O4. The zero-order valence-corrected chi connectivity index (χ0v) is 32.7. The van der Waals surface area contributed by atoms with E-state index in [9.17, 15) is 19.2 Å². The van der Waals surface area contributed by atoms with Crippen molar-refractivity contribution >= 4 is 56.9 Å². The summed E-state index contributed by atoms with van der Waals surface area (Å²) >= 11 is 0. The Morgan fingerprint density at radius 3 is 2.33 bits per heavy atom. The maximum atomic E-state index is 13.6. The van der Waals surface area contributed by atoms with E-state index < -0.39 is 11.8 Å². The molecule has 0 saturated carbocycles. The first kappa shape index (κ1) is 39.4. The Kier molecular flexibility index (Phi) is 12.2. The van der Waals surface area contributed by atoms with Crippen LogP contribution in [-0.2, 0) is 45.2 Å². The van der Waals surface area contributed by atoms with Gasteiger partial charge in [0.1, 0.15) is 17.1 Å². The minimum absolute atomic E-state index is 0.0308. The molecular weight excluding hydrogens is 727 g/mol. The molecule has 0 spiro atoms. The summed E-state index contributed by atoms with van der Waals surface area (Å²) in [6.45, 7) is 3.40. The lowest BCUT2D eigenvalue weighted by Crippen LogP contribution is -2.32. The zero-order chi connectivity index (χ0) is 40.6. The van der Waals surface area contributed by atoms with E-state index in [2.05, 4.69) is 39.7 Å². The number of hydrogen-bond donors (Lipinski definition) is 3. The highest BCUT2D eigenvalue weighted by Gasteiger charge is 2.25. The Hall–Kier alpha value is -6.80. The molecule has 1 aliphatic rings. The molecule has 58 heavy (non-hydrogen) atoms. The summed E-state index contributed by atoms with van der Waals surface area (Å²) in [5.41, 5.74) is 19.8. The number of aromatic nitrogens is 3. The Morgan fingerprint density at radius 2 is 1.53 bits per heavy atom. The van der Waals surface area contributed by atoms with Crippen LogP contribution >= 0.6 is 0 Å². The zero-order valence-electron chi connectivity index (χ0n) is 32.7. The summed E-state index contributed by atoms with van der Waals surface area (Å²) in [4.78, 5) is 63.1. The summed E-state index contributed by atoms with van der Waals surface area (Å²) in [6.07, 6.45) is 2.83. The van der Waals surface area contributed by atoms with Gasteiger partial charge in [-0.25, -0.2) is 9.97 Å². The molecule has 11 heteroatoms. The fraction of sp³-hybridized carbons (Fsp3) is 0.277. The lowest BCUT2D eigenvalue weighted by atomic mass is 9.94. The van der Waals surface area contributed by atoms with E-state index in [1.54, 1.807) is 4.90 Å². The van der Waals surface area contributed by atoms with Crippen LogP contribution in [0, 0.1) is 17.8 Å². The van der Waals surface area contributed by atoms with Gasteiger partial charge in [0.2, 0.25) is 17.7 Å². The minimum Gasteiger partial charge on any atom is -0.382 e. The second kappa shape index (κ2) is 18.0. The van der Waals surface area contributed by atoms with Crippen LogP contribution in [0.3, 0.4) is 0 Å². The Morgan fingerprint density at radius 1 is 0.828 bits per heavy atom. The number of carbonyl (C=O) groups is 4. The van der Waals surface area contributed by atoms with Crippen LogP contribution in [0.15, 0.2) is 97.1 Å². The first-order valence-electron chi connectivity index (χ1n) is 19.9. The number of anilines is 2. The van der Waals surface area contributed by atoms with Crippen molar-refractivity contribution < 1.29 is 19.2 Å². The van der Waals surface area contributed by atoms with Gasteiger partial charge in [-0.05, 0) is 53.8 Å². The molecule has 5 N–H and O–H groups in total. The third-order valence-corrected chi connectivity index (χ3v) is 10.7. The molecule has 294 valence electrons. The van der Waals surface area contributed by atoms with Crippen molar-refractivity contribution in [1.82, 2.24) is 19.9 Å². The Bertz CT molecular complexity index is 2570. The summed E-state index contributed by atoms with van der Waals surface area (Å²) < 4.78 is 2.24. The molecule has 2 aromatic heterocycles. The molecule has 1 atom stereocenters. The number of nitrogens with zero attached hydrogens (tertiary/aromatic N) is 4. The number of aryl methyl sites for hydroxylation is 1. The Balaban J connectivity index is 0.916. The van der Waals surface area contributed by atoms with E-state index in [0.717, 1.165) is 74.8 Å². The highest BCUT2D eigenvalue weighted by atomic mass is 16.2. The highest BCUT2D eigenvalue weighted by Crippen LogP contribution is 2.31. The molecule has 4 aromatic carbocycles. The van der Waals surface area contributed by atoms with E-state index in [1.165, 1.54) is 0 Å². The number of unbranched alkanes of at least 4 members (excludes halogenated alkanes) is 1.